The van der Waals surface area contributed by atoms with E-state index in [2.05, 4.69) is 6.07 Å². The van der Waals surface area contributed by atoms with Crippen LogP contribution in [0.3, 0.4) is 0 Å². The molecule has 0 atom stereocenters. The lowest BCUT2D eigenvalue weighted by molar-refractivity contribution is 0.470. The smallest absolute Gasteiger partial charge is 0.182 e. The van der Waals surface area contributed by atoms with E-state index in [1.807, 2.05) is 39.0 Å². The second kappa shape index (κ2) is 8.39. The summed E-state index contributed by atoms with van der Waals surface area (Å²) in [4.78, 5) is 0.249. The summed E-state index contributed by atoms with van der Waals surface area (Å²) < 4.78 is 26.5. The minimum Gasteiger partial charge on any atom is -0.506 e. The van der Waals surface area contributed by atoms with Crippen LogP contribution in [0.15, 0.2) is 53.4 Å². The summed E-state index contributed by atoms with van der Waals surface area (Å²) in [7, 11) is -3.74. The third-order valence-electron chi connectivity index (χ3n) is 4.88. The number of phenolic OH excluding ortho intramolecular Hbond substituents is 1. The summed E-state index contributed by atoms with van der Waals surface area (Å²) in [5, 5.41) is 10.5. The van der Waals surface area contributed by atoms with E-state index in [1.165, 1.54) is 12.1 Å². The van der Waals surface area contributed by atoms with Gasteiger partial charge in [-0.05, 0) is 62.1 Å². The van der Waals surface area contributed by atoms with Crippen molar-refractivity contribution in [1.29, 1.82) is 0 Å². The molecule has 0 saturated carbocycles. The molecule has 3 aromatic rings. The first-order valence-corrected chi connectivity index (χ1v) is 11.5. The van der Waals surface area contributed by atoms with Gasteiger partial charge in [0.15, 0.2) is 9.84 Å². The molecule has 6 heteroatoms. The molecule has 0 saturated heterocycles. The molecule has 29 heavy (non-hydrogen) atoms. The molecule has 152 valence electrons. The Morgan fingerprint density at radius 1 is 0.828 bits per heavy atom. The second-order valence-electron chi connectivity index (χ2n) is 7.37. The lowest BCUT2D eigenvalue weighted by Crippen LogP contribution is -2.09. The van der Waals surface area contributed by atoms with Gasteiger partial charge in [0.25, 0.3) is 0 Å². The molecule has 0 aliphatic heterocycles. The summed E-state index contributed by atoms with van der Waals surface area (Å²) in [6.07, 6.45) is 0.505. The normalized spacial score (nSPS) is 11.6. The van der Waals surface area contributed by atoms with Crippen LogP contribution in [0.4, 0.5) is 0 Å². The molecule has 3 aromatic carbocycles. The zero-order valence-corrected chi connectivity index (χ0v) is 18.8. The van der Waals surface area contributed by atoms with Gasteiger partial charge in [-0.3, -0.25) is 0 Å². The van der Waals surface area contributed by atoms with E-state index in [0.717, 1.165) is 27.8 Å². The summed E-state index contributed by atoms with van der Waals surface area (Å²) in [5.74, 6) is -0.648. The highest BCUT2D eigenvalue weighted by molar-refractivity contribution is 7.90. The second-order valence-corrected chi connectivity index (χ2v) is 10.2. The molecule has 0 spiro atoms. The molecule has 0 heterocycles. The molecule has 0 amide bonds. The number of sulfone groups is 1. The average Bonchev–Trinajstić information content (AvgIpc) is 2.61. The number of aryl methyl sites for hydroxylation is 3. The molecule has 0 unspecified atom stereocenters. The summed E-state index contributed by atoms with van der Waals surface area (Å²) in [6.45, 7) is 5.99. The van der Waals surface area contributed by atoms with Crippen molar-refractivity contribution in [1.82, 2.24) is 0 Å². The van der Waals surface area contributed by atoms with Crippen LogP contribution in [0, 0.1) is 20.8 Å². The Hall–Kier alpha value is -2.01. The Labute approximate surface area is 181 Å². The number of aromatic hydroxyl groups is 1. The van der Waals surface area contributed by atoms with Gasteiger partial charge in [-0.15, -0.1) is 0 Å². The maximum Gasteiger partial charge on any atom is 0.182 e. The van der Waals surface area contributed by atoms with Crippen LogP contribution < -0.4 is 0 Å². The standard InChI is InChI=1S/C23H22Cl2O3S/c1-14-4-6-17(16(3)8-14)10-18-9-15(2)5-7-22(18)29(27,28)13-19-11-20(24)12-21(25)23(19)26/h4-9,11-12,26H,10,13H2,1-3H3. The van der Waals surface area contributed by atoms with Gasteiger partial charge < -0.3 is 5.11 Å². The lowest BCUT2D eigenvalue weighted by Gasteiger charge is -2.14. The van der Waals surface area contributed by atoms with Crippen molar-refractivity contribution in [3.63, 3.8) is 0 Å². The van der Waals surface area contributed by atoms with E-state index in [-0.39, 0.29) is 32.0 Å². The molecular weight excluding hydrogens is 427 g/mol. The van der Waals surface area contributed by atoms with E-state index in [9.17, 15) is 13.5 Å². The number of phenols is 1. The molecule has 0 bridgehead atoms. The highest BCUT2D eigenvalue weighted by Crippen LogP contribution is 2.34. The van der Waals surface area contributed by atoms with Gasteiger partial charge in [0.2, 0.25) is 0 Å². The number of benzene rings is 3. The van der Waals surface area contributed by atoms with Gasteiger partial charge in [-0.2, -0.15) is 0 Å². The zero-order chi connectivity index (χ0) is 21.3. The van der Waals surface area contributed by atoms with E-state index in [4.69, 9.17) is 23.2 Å². The minimum absolute atomic E-state index is 0.0297. The van der Waals surface area contributed by atoms with E-state index < -0.39 is 9.84 Å². The van der Waals surface area contributed by atoms with Crippen molar-refractivity contribution in [3.8, 4) is 5.75 Å². The van der Waals surface area contributed by atoms with Gasteiger partial charge in [0, 0.05) is 10.6 Å². The average molecular weight is 449 g/mol. The molecule has 0 aliphatic carbocycles. The highest BCUT2D eigenvalue weighted by Gasteiger charge is 2.23. The fourth-order valence-corrected chi connectivity index (χ4v) is 5.54. The van der Waals surface area contributed by atoms with Crippen molar-refractivity contribution in [2.45, 2.75) is 37.8 Å². The number of hydrogen-bond donors (Lipinski definition) is 1. The van der Waals surface area contributed by atoms with Crippen LogP contribution in [-0.4, -0.2) is 13.5 Å². The first kappa shape index (κ1) is 21.7. The fraction of sp³-hybridized carbons (Fsp3) is 0.217. The van der Waals surface area contributed by atoms with Crippen LogP contribution >= 0.6 is 23.2 Å². The third kappa shape index (κ3) is 4.95. The predicted octanol–water partition coefficient (Wildman–Crippen LogP) is 6.19. The minimum atomic E-state index is -3.74. The van der Waals surface area contributed by atoms with Gasteiger partial charge in [0.05, 0.1) is 15.7 Å². The monoisotopic (exact) mass is 448 g/mol. The zero-order valence-electron chi connectivity index (χ0n) is 16.5. The van der Waals surface area contributed by atoms with Gasteiger partial charge in [0.1, 0.15) is 5.75 Å². The summed E-state index contributed by atoms with van der Waals surface area (Å²) in [5.41, 5.74) is 5.25. The van der Waals surface area contributed by atoms with Crippen molar-refractivity contribution in [2.75, 3.05) is 0 Å². The highest BCUT2D eigenvalue weighted by atomic mass is 35.5. The van der Waals surface area contributed by atoms with Gasteiger partial charge in [-0.25, -0.2) is 8.42 Å². The quantitative estimate of drug-likeness (QED) is 0.506. The molecule has 1 N–H and O–H groups in total. The first-order valence-electron chi connectivity index (χ1n) is 9.12. The Balaban J connectivity index is 2.04. The van der Waals surface area contributed by atoms with Crippen LogP contribution in [0.5, 0.6) is 5.75 Å². The summed E-state index contributed by atoms with van der Waals surface area (Å²) >= 11 is 12.0. The molecule has 3 nitrogen and oxygen atoms in total. The first-order chi connectivity index (χ1) is 13.6. The van der Waals surface area contributed by atoms with E-state index >= 15 is 0 Å². The maximum atomic E-state index is 13.2. The fourth-order valence-electron chi connectivity index (χ4n) is 3.41. The van der Waals surface area contributed by atoms with E-state index in [0.29, 0.717) is 6.42 Å². The number of halogens is 2. The van der Waals surface area contributed by atoms with E-state index in [1.54, 1.807) is 12.1 Å². The van der Waals surface area contributed by atoms with Crippen molar-refractivity contribution < 1.29 is 13.5 Å². The molecule has 3 rings (SSSR count). The molecular formula is C23H22Cl2O3S. The van der Waals surface area contributed by atoms with Gasteiger partial charge >= 0.3 is 0 Å². The number of hydrogen-bond acceptors (Lipinski definition) is 3. The molecule has 0 radical (unpaired) electrons. The lowest BCUT2D eigenvalue weighted by atomic mass is 9.98. The number of rotatable bonds is 5. The predicted molar refractivity (Wildman–Crippen MR) is 119 cm³/mol. The van der Waals surface area contributed by atoms with Crippen molar-refractivity contribution in [3.05, 3.63) is 92.0 Å². The SMILES string of the molecule is Cc1ccc(Cc2cc(C)ccc2S(=O)(=O)Cc2cc(Cl)cc(Cl)c2O)c(C)c1. The van der Waals surface area contributed by atoms with Gasteiger partial charge in [-0.1, -0.05) is 64.7 Å². The van der Waals surface area contributed by atoms with Crippen LogP contribution in [0.1, 0.15) is 33.4 Å². The Kier molecular flexibility index (Phi) is 6.27. The Bertz CT molecular complexity index is 1180. The Morgan fingerprint density at radius 3 is 2.17 bits per heavy atom. The van der Waals surface area contributed by atoms with Crippen LogP contribution in [-0.2, 0) is 22.0 Å². The third-order valence-corrected chi connectivity index (χ3v) is 7.15. The van der Waals surface area contributed by atoms with Crippen LogP contribution in [0.25, 0.3) is 0 Å². The maximum absolute atomic E-state index is 13.2. The topological polar surface area (TPSA) is 54.4 Å². The summed E-state index contributed by atoms with van der Waals surface area (Å²) in [6, 6.07) is 14.3. The molecule has 0 fully saturated rings. The Morgan fingerprint density at radius 2 is 1.48 bits per heavy atom. The van der Waals surface area contributed by atoms with Crippen LogP contribution in [0.2, 0.25) is 10.0 Å². The largest absolute Gasteiger partial charge is 0.506 e. The van der Waals surface area contributed by atoms with Crippen molar-refractivity contribution >= 4 is 33.0 Å². The van der Waals surface area contributed by atoms with Crippen molar-refractivity contribution in [2.24, 2.45) is 0 Å². The molecule has 0 aromatic heterocycles. The molecule has 0 aliphatic rings.